The summed E-state index contributed by atoms with van der Waals surface area (Å²) in [6.07, 6.45) is 4.03. The van der Waals surface area contributed by atoms with E-state index in [2.05, 4.69) is 15.5 Å². The predicted molar refractivity (Wildman–Crippen MR) is 109 cm³/mol. The van der Waals surface area contributed by atoms with E-state index in [9.17, 15) is 9.59 Å². The molecule has 0 spiro atoms. The molecule has 2 aliphatic rings. The van der Waals surface area contributed by atoms with E-state index >= 15 is 0 Å². The van der Waals surface area contributed by atoms with Crippen LogP contribution < -0.4 is 0 Å². The van der Waals surface area contributed by atoms with Crippen LogP contribution in [0.5, 0.6) is 0 Å². The molecule has 3 heterocycles. The molecule has 0 bridgehead atoms. The molecule has 2 amide bonds. The van der Waals surface area contributed by atoms with E-state index in [0.717, 1.165) is 42.6 Å². The molecule has 8 nitrogen and oxygen atoms in total. The number of fused-ring (bicyclic) bond motifs is 1. The molecule has 0 N–H and O–H groups in total. The van der Waals surface area contributed by atoms with Crippen LogP contribution in [0.25, 0.3) is 5.69 Å². The average molecular weight is 402 g/mol. The molecule has 0 unspecified atom stereocenters. The first-order chi connectivity index (χ1) is 14.7. The molecule has 1 saturated heterocycles. The number of hydrogen-bond donors (Lipinski definition) is 0. The van der Waals surface area contributed by atoms with Crippen LogP contribution in [0, 0.1) is 0 Å². The van der Waals surface area contributed by atoms with Crippen LogP contribution in [-0.2, 0) is 6.42 Å². The summed E-state index contributed by atoms with van der Waals surface area (Å²) in [7, 11) is 0. The number of likely N-dealkylation sites (tertiary alicyclic amines) is 1. The van der Waals surface area contributed by atoms with E-state index in [0.29, 0.717) is 18.7 Å². The maximum Gasteiger partial charge on any atom is 0.254 e. The first-order valence-electron chi connectivity index (χ1n) is 10.2. The maximum absolute atomic E-state index is 12.9. The van der Waals surface area contributed by atoms with Gasteiger partial charge >= 0.3 is 0 Å². The fourth-order valence-electron chi connectivity index (χ4n) is 4.39. The summed E-state index contributed by atoms with van der Waals surface area (Å²) in [5, 5.41) is 11.1. The second-order valence-electron chi connectivity index (χ2n) is 7.73. The molecule has 0 saturated carbocycles. The third kappa shape index (κ3) is 3.34. The molecule has 3 aromatic rings. The summed E-state index contributed by atoms with van der Waals surface area (Å²) in [6.45, 7) is 2.07. The van der Waals surface area contributed by atoms with E-state index in [1.165, 1.54) is 6.33 Å². The molecule has 2 aliphatic heterocycles. The van der Waals surface area contributed by atoms with Crippen molar-refractivity contribution in [1.82, 2.24) is 30.0 Å². The van der Waals surface area contributed by atoms with E-state index in [1.54, 1.807) is 16.8 Å². The zero-order valence-electron chi connectivity index (χ0n) is 16.5. The van der Waals surface area contributed by atoms with Crippen molar-refractivity contribution in [2.75, 3.05) is 19.6 Å². The van der Waals surface area contributed by atoms with Gasteiger partial charge in [0.25, 0.3) is 11.8 Å². The van der Waals surface area contributed by atoms with Gasteiger partial charge in [-0.25, -0.2) is 4.68 Å². The van der Waals surface area contributed by atoms with Crippen molar-refractivity contribution in [3.63, 3.8) is 0 Å². The van der Waals surface area contributed by atoms with Crippen molar-refractivity contribution in [3.8, 4) is 5.69 Å². The Bertz CT molecular complexity index is 1060. The number of carbonyl (C=O) groups is 2. The zero-order valence-corrected chi connectivity index (χ0v) is 16.5. The van der Waals surface area contributed by atoms with Crippen LogP contribution in [-0.4, -0.2) is 67.5 Å². The molecular weight excluding hydrogens is 380 g/mol. The second kappa shape index (κ2) is 7.70. The fraction of sp³-hybridized carbons (Fsp3) is 0.318. The fourth-order valence-corrected chi connectivity index (χ4v) is 4.39. The van der Waals surface area contributed by atoms with Crippen molar-refractivity contribution >= 4 is 11.8 Å². The average Bonchev–Trinajstić information content (AvgIpc) is 3.34. The Morgan fingerprint density at radius 1 is 0.967 bits per heavy atom. The Kier molecular flexibility index (Phi) is 4.74. The van der Waals surface area contributed by atoms with Crippen molar-refractivity contribution < 1.29 is 9.59 Å². The molecule has 1 fully saturated rings. The third-order valence-electron chi connectivity index (χ3n) is 6.05. The van der Waals surface area contributed by atoms with Gasteiger partial charge in [-0.2, -0.15) is 0 Å². The second-order valence-corrected chi connectivity index (χ2v) is 7.73. The summed E-state index contributed by atoms with van der Waals surface area (Å²) in [5.41, 5.74) is 3.41. The summed E-state index contributed by atoms with van der Waals surface area (Å²) in [4.78, 5) is 29.7. The minimum atomic E-state index is 0.0204. The third-order valence-corrected chi connectivity index (χ3v) is 6.05. The lowest BCUT2D eigenvalue weighted by atomic mass is 9.94. The minimum Gasteiger partial charge on any atom is -0.338 e. The van der Waals surface area contributed by atoms with Crippen LogP contribution in [0.2, 0.25) is 0 Å². The summed E-state index contributed by atoms with van der Waals surface area (Å²) >= 11 is 0. The number of carbonyl (C=O) groups excluding carboxylic acids is 2. The Balaban J connectivity index is 1.22. The van der Waals surface area contributed by atoms with Crippen LogP contribution in [0.1, 0.15) is 39.1 Å². The summed E-state index contributed by atoms with van der Waals surface area (Å²) in [5.74, 6) is 0.145. The first-order valence-corrected chi connectivity index (χ1v) is 10.2. The highest BCUT2D eigenvalue weighted by Crippen LogP contribution is 2.25. The number of nitrogens with zero attached hydrogens (tertiary/aromatic N) is 6. The molecule has 152 valence electrons. The molecule has 30 heavy (non-hydrogen) atoms. The highest BCUT2D eigenvalue weighted by atomic mass is 16.2. The van der Waals surface area contributed by atoms with E-state index in [4.69, 9.17) is 0 Å². The summed E-state index contributed by atoms with van der Waals surface area (Å²) in [6, 6.07) is 15.3. The van der Waals surface area contributed by atoms with Gasteiger partial charge in [0.15, 0.2) is 0 Å². The molecule has 2 aromatic carbocycles. The van der Waals surface area contributed by atoms with Crippen molar-refractivity contribution in [2.45, 2.75) is 25.3 Å². The monoisotopic (exact) mass is 402 g/mol. The van der Waals surface area contributed by atoms with Gasteiger partial charge in [0.05, 0.1) is 5.69 Å². The van der Waals surface area contributed by atoms with Gasteiger partial charge in [0.1, 0.15) is 6.33 Å². The number of benzene rings is 2. The number of tetrazole rings is 1. The Labute approximate surface area is 174 Å². The zero-order chi connectivity index (χ0) is 20.5. The van der Waals surface area contributed by atoms with Crippen LogP contribution >= 0.6 is 0 Å². The number of aromatic nitrogens is 4. The molecule has 8 heteroatoms. The molecule has 0 radical (unpaired) electrons. The maximum atomic E-state index is 12.9. The molecule has 0 aliphatic carbocycles. The molecule has 0 atom stereocenters. The number of piperidine rings is 1. The molecule has 5 rings (SSSR count). The van der Waals surface area contributed by atoms with Gasteiger partial charge < -0.3 is 9.80 Å². The predicted octanol–water partition coefficient (Wildman–Crippen LogP) is 1.97. The summed E-state index contributed by atoms with van der Waals surface area (Å²) < 4.78 is 1.55. The standard InChI is InChI=1S/C22H22N6O2/c29-21(17-5-7-19(8-6-17)28-15-23-24-25-28)26-12-10-18(11-13-26)27-14-9-16-3-1-2-4-20(16)22(27)30/h1-8,15,18H,9-14H2. The number of amides is 2. The van der Waals surface area contributed by atoms with Crippen LogP contribution in [0.4, 0.5) is 0 Å². The molecular formula is C22H22N6O2. The largest absolute Gasteiger partial charge is 0.338 e. The number of hydrogen-bond acceptors (Lipinski definition) is 5. The van der Waals surface area contributed by atoms with Gasteiger partial charge in [-0.15, -0.1) is 5.10 Å². The quantitative estimate of drug-likeness (QED) is 0.669. The Morgan fingerprint density at radius 2 is 1.73 bits per heavy atom. The Morgan fingerprint density at radius 3 is 2.47 bits per heavy atom. The van der Waals surface area contributed by atoms with Gasteiger partial charge in [-0.1, -0.05) is 18.2 Å². The lowest BCUT2D eigenvalue weighted by molar-refractivity contribution is 0.0505. The van der Waals surface area contributed by atoms with E-state index < -0.39 is 0 Å². The topological polar surface area (TPSA) is 84.2 Å². The van der Waals surface area contributed by atoms with Crippen LogP contribution in [0.3, 0.4) is 0 Å². The first kappa shape index (κ1) is 18.5. The van der Waals surface area contributed by atoms with Crippen LogP contribution in [0.15, 0.2) is 54.9 Å². The number of rotatable bonds is 3. The van der Waals surface area contributed by atoms with Crippen molar-refractivity contribution in [2.24, 2.45) is 0 Å². The van der Waals surface area contributed by atoms with Crippen molar-refractivity contribution in [3.05, 3.63) is 71.5 Å². The smallest absolute Gasteiger partial charge is 0.254 e. The van der Waals surface area contributed by atoms with Crippen molar-refractivity contribution in [1.29, 1.82) is 0 Å². The highest BCUT2D eigenvalue weighted by molar-refractivity contribution is 5.97. The van der Waals surface area contributed by atoms with E-state index in [-0.39, 0.29) is 17.9 Å². The molecule has 1 aromatic heterocycles. The van der Waals surface area contributed by atoms with E-state index in [1.807, 2.05) is 46.2 Å². The minimum absolute atomic E-state index is 0.0204. The SMILES string of the molecule is O=C(c1ccc(-n2cnnn2)cc1)N1CCC(N2CCc3ccccc3C2=O)CC1. The van der Waals surface area contributed by atoms with Gasteiger partial charge in [0, 0.05) is 36.8 Å². The van der Waals surface area contributed by atoms with Gasteiger partial charge in [0.2, 0.25) is 0 Å². The highest BCUT2D eigenvalue weighted by Gasteiger charge is 2.33. The van der Waals surface area contributed by atoms with Gasteiger partial charge in [-0.3, -0.25) is 9.59 Å². The normalized spacial score (nSPS) is 17.1. The Hall–Kier alpha value is -3.55. The lowest BCUT2D eigenvalue weighted by Crippen LogP contribution is -2.50. The lowest BCUT2D eigenvalue weighted by Gasteiger charge is -2.40. The van der Waals surface area contributed by atoms with Gasteiger partial charge in [-0.05, 0) is 65.6 Å².